The molecule has 0 spiro atoms. The van der Waals surface area contributed by atoms with E-state index in [9.17, 15) is 8.42 Å². The largest absolute Gasteiger partial charge is 0.381 e. The summed E-state index contributed by atoms with van der Waals surface area (Å²) in [5.41, 5.74) is 5.55. The molecule has 5 nitrogen and oxygen atoms in total. The third-order valence-corrected chi connectivity index (χ3v) is 1.95. The molecule has 1 aliphatic heterocycles. The minimum absolute atomic E-state index is 0.0162. The maximum atomic E-state index is 10.6. The lowest BCUT2D eigenvalue weighted by molar-refractivity contribution is 0.600. The monoisotopic (exact) mass is 161 g/mol. The van der Waals surface area contributed by atoms with Crippen LogP contribution in [0.25, 0.3) is 0 Å². The lowest BCUT2D eigenvalue weighted by Gasteiger charge is -1.88. The second-order valence-corrected chi connectivity index (χ2v) is 3.08. The van der Waals surface area contributed by atoms with Gasteiger partial charge >= 0.3 is 10.2 Å². The van der Waals surface area contributed by atoms with Gasteiger partial charge in [0.1, 0.15) is 0 Å². The van der Waals surface area contributed by atoms with E-state index >= 15 is 0 Å². The van der Waals surface area contributed by atoms with Gasteiger partial charge in [0.2, 0.25) is 0 Å². The first-order chi connectivity index (χ1) is 4.55. The smallest absolute Gasteiger partial charge is 0.365 e. The SMILES string of the molecule is CCC1=NS(=O)(=O)N=C1N. The zero-order valence-corrected chi connectivity index (χ0v) is 6.22. The molecule has 1 aliphatic rings. The van der Waals surface area contributed by atoms with E-state index in [-0.39, 0.29) is 5.84 Å². The van der Waals surface area contributed by atoms with Crippen molar-refractivity contribution in [3.8, 4) is 0 Å². The van der Waals surface area contributed by atoms with Crippen molar-refractivity contribution in [2.24, 2.45) is 14.5 Å². The fraction of sp³-hybridized carbons (Fsp3) is 0.500. The predicted octanol–water partition coefficient (Wildman–Crippen LogP) is -0.547. The molecule has 0 aliphatic carbocycles. The van der Waals surface area contributed by atoms with Crippen LogP contribution in [0.3, 0.4) is 0 Å². The van der Waals surface area contributed by atoms with E-state index in [1.54, 1.807) is 6.92 Å². The minimum Gasteiger partial charge on any atom is -0.381 e. The molecule has 0 fully saturated rings. The fourth-order valence-electron chi connectivity index (χ4n) is 0.629. The molecule has 0 saturated heterocycles. The molecule has 0 radical (unpaired) electrons. The summed E-state index contributed by atoms with van der Waals surface area (Å²) >= 11 is 0. The van der Waals surface area contributed by atoms with Crippen molar-refractivity contribution in [1.29, 1.82) is 0 Å². The van der Waals surface area contributed by atoms with E-state index < -0.39 is 10.2 Å². The van der Waals surface area contributed by atoms with Crippen LogP contribution in [0.15, 0.2) is 8.80 Å². The molecule has 10 heavy (non-hydrogen) atoms. The summed E-state index contributed by atoms with van der Waals surface area (Å²) in [4.78, 5) is 0. The standard InChI is InChI=1S/C4H7N3O2S/c1-2-3-4(5)7-10(8,9)6-3/h2H2,1H3,(H2,5,7). The Bertz CT molecular complexity index is 300. The van der Waals surface area contributed by atoms with Crippen molar-refractivity contribution < 1.29 is 8.42 Å². The van der Waals surface area contributed by atoms with E-state index in [1.807, 2.05) is 0 Å². The van der Waals surface area contributed by atoms with Crippen LogP contribution in [-0.4, -0.2) is 20.0 Å². The highest BCUT2D eigenvalue weighted by atomic mass is 32.2. The van der Waals surface area contributed by atoms with Crippen molar-refractivity contribution in [3.05, 3.63) is 0 Å². The Labute approximate surface area is 58.9 Å². The Morgan fingerprint density at radius 1 is 1.50 bits per heavy atom. The molecule has 0 aromatic carbocycles. The average Bonchev–Trinajstić information content (AvgIpc) is 2.05. The molecule has 1 heterocycles. The molecule has 0 aromatic rings. The van der Waals surface area contributed by atoms with E-state index in [0.717, 1.165) is 0 Å². The van der Waals surface area contributed by atoms with Gasteiger partial charge in [0, 0.05) is 0 Å². The van der Waals surface area contributed by atoms with Gasteiger partial charge in [-0.05, 0) is 6.42 Å². The summed E-state index contributed by atoms with van der Waals surface area (Å²) < 4.78 is 27.5. The summed E-state index contributed by atoms with van der Waals surface area (Å²) in [7, 11) is -3.61. The van der Waals surface area contributed by atoms with Gasteiger partial charge in [-0.1, -0.05) is 6.92 Å². The Kier molecular flexibility index (Phi) is 1.47. The van der Waals surface area contributed by atoms with Crippen LogP contribution in [0.1, 0.15) is 13.3 Å². The molecule has 6 heteroatoms. The lowest BCUT2D eigenvalue weighted by atomic mass is 10.3. The van der Waals surface area contributed by atoms with Gasteiger partial charge in [-0.25, -0.2) is 0 Å². The second-order valence-electron chi connectivity index (χ2n) is 1.82. The minimum atomic E-state index is -3.61. The first-order valence-electron chi connectivity index (χ1n) is 2.75. The van der Waals surface area contributed by atoms with Gasteiger partial charge in [-0.3, -0.25) is 0 Å². The van der Waals surface area contributed by atoms with Crippen molar-refractivity contribution in [3.63, 3.8) is 0 Å². The summed E-state index contributed by atoms with van der Waals surface area (Å²) in [5, 5.41) is 0. The number of hydrogen-bond acceptors (Lipinski definition) is 3. The highest BCUT2D eigenvalue weighted by Gasteiger charge is 2.19. The molecule has 0 saturated carbocycles. The normalized spacial score (nSPS) is 22.1. The van der Waals surface area contributed by atoms with E-state index in [4.69, 9.17) is 5.73 Å². The van der Waals surface area contributed by atoms with Gasteiger partial charge in [0.25, 0.3) is 0 Å². The maximum absolute atomic E-state index is 10.6. The van der Waals surface area contributed by atoms with Crippen LogP contribution in [0.2, 0.25) is 0 Å². The Morgan fingerprint density at radius 2 is 2.10 bits per heavy atom. The van der Waals surface area contributed by atoms with E-state index in [0.29, 0.717) is 12.1 Å². The van der Waals surface area contributed by atoms with Crippen molar-refractivity contribution in [2.75, 3.05) is 0 Å². The van der Waals surface area contributed by atoms with Gasteiger partial charge in [-0.2, -0.15) is 8.42 Å². The molecule has 0 aromatic heterocycles. The van der Waals surface area contributed by atoms with Gasteiger partial charge in [-0.15, -0.1) is 8.80 Å². The third kappa shape index (κ3) is 1.15. The Balaban J connectivity index is 3.14. The first kappa shape index (κ1) is 7.20. The number of rotatable bonds is 1. The number of nitrogens with zero attached hydrogens (tertiary/aromatic N) is 2. The molecular formula is C4H7N3O2S. The Hall–Kier alpha value is -0.910. The van der Waals surface area contributed by atoms with Crippen LogP contribution in [0.5, 0.6) is 0 Å². The van der Waals surface area contributed by atoms with Crippen molar-refractivity contribution in [1.82, 2.24) is 0 Å². The molecule has 0 unspecified atom stereocenters. The average molecular weight is 161 g/mol. The highest BCUT2D eigenvalue weighted by Crippen LogP contribution is 2.05. The third-order valence-electron chi connectivity index (χ3n) is 1.07. The quantitative estimate of drug-likeness (QED) is 0.560. The molecule has 0 bridgehead atoms. The summed E-state index contributed by atoms with van der Waals surface area (Å²) in [6, 6.07) is 0. The van der Waals surface area contributed by atoms with Crippen LogP contribution in [0.4, 0.5) is 0 Å². The summed E-state index contributed by atoms with van der Waals surface area (Å²) in [6.07, 6.45) is 0.495. The zero-order chi connectivity index (χ0) is 7.78. The molecule has 2 N–H and O–H groups in total. The van der Waals surface area contributed by atoms with Crippen molar-refractivity contribution >= 4 is 21.8 Å². The first-order valence-corrected chi connectivity index (χ1v) is 4.14. The zero-order valence-electron chi connectivity index (χ0n) is 5.40. The number of hydrogen-bond donors (Lipinski definition) is 1. The molecule has 56 valence electrons. The molecule has 1 rings (SSSR count). The summed E-state index contributed by atoms with van der Waals surface area (Å²) in [5.74, 6) is 0.0162. The summed E-state index contributed by atoms with van der Waals surface area (Å²) in [6.45, 7) is 1.77. The lowest BCUT2D eigenvalue weighted by Crippen LogP contribution is -2.19. The molecule has 0 atom stereocenters. The van der Waals surface area contributed by atoms with Crippen LogP contribution < -0.4 is 5.73 Å². The fourth-order valence-corrected chi connectivity index (χ4v) is 1.52. The van der Waals surface area contributed by atoms with Gasteiger partial charge in [0.15, 0.2) is 5.84 Å². The van der Waals surface area contributed by atoms with E-state index in [2.05, 4.69) is 8.80 Å². The van der Waals surface area contributed by atoms with Crippen LogP contribution in [0, 0.1) is 0 Å². The van der Waals surface area contributed by atoms with Crippen LogP contribution in [-0.2, 0) is 10.2 Å². The molecule has 0 amide bonds. The van der Waals surface area contributed by atoms with Gasteiger partial charge < -0.3 is 5.73 Å². The van der Waals surface area contributed by atoms with Gasteiger partial charge in [0.05, 0.1) is 5.71 Å². The molecular weight excluding hydrogens is 154 g/mol. The Morgan fingerprint density at radius 3 is 2.30 bits per heavy atom. The second kappa shape index (κ2) is 2.05. The van der Waals surface area contributed by atoms with E-state index in [1.165, 1.54) is 0 Å². The highest BCUT2D eigenvalue weighted by molar-refractivity contribution is 7.89. The van der Waals surface area contributed by atoms with Crippen molar-refractivity contribution in [2.45, 2.75) is 13.3 Å². The van der Waals surface area contributed by atoms with Crippen LogP contribution >= 0.6 is 0 Å². The topological polar surface area (TPSA) is 84.9 Å². The number of nitrogens with two attached hydrogens (primary N) is 1. The number of amidine groups is 1. The predicted molar refractivity (Wildman–Crippen MR) is 38.3 cm³/mol. The maximum Gasteiger partial charge on any atom is 0.365 e.